The Kier molecular flexibility index (Phi) is 8.01. The van der Waals surface area contributed by atoms with Crippen molar-refractivity contribution >= 4 is 0 Å². The third-order valence-electron chi connectivity index (χ3n) is 1.78. The van der Waals surface area contributed by atoms with Crippen LogP contribution in [0.2, 0.25) is 0 Å². The van der Waals surface area contributed by atoms with Gasteiger partial charge in [-0.1, -0.05) is 12.5 Å². The van der Waals surface area contributed by atoms with E-state index in [-0.39, 0.29) is 0 Å². The van der Waals surface area contributed by atoms with Crippen LogP contribution in [0.3, 0.4) is 0 Å². The minimum absolute atomic E-state index is 0.356. The van der Waals surface area contributed by atoms with Crippen molar-refractivity contribution in [3.05, 3.63) is 12.3 Å². The first-order valence-electron chi connectivity index (χ1n) is 4.64. The van der Waals surface area contributed by atoms with Gasteiger partial charge < -0.3 is 14.4 Å². The van der Waals surface area contributed by atoms with Gasteiger partial charge in [-0.3, -0.25) is 0 Å². The Bertz CT molecular complexity index is 196. The average molecular weight is 197 g/mol. The topological polar surface area (TPSA) is 21.7 Å². The fraction of sp³-hybridized carbons (Fsp3) is 0.636. The Morgan fingerprint density at radius 3 is 2.57 bits per heavy atom. The molecule has 0 aromatic rings. The van der Waals surface area contributed by atoms with Crippen molar-refractivity contribution in [1.82, 2.24) is 4.90 Å². The molecule has 0 amide bonds. The lowest BCUT2D eigenvalue weighted by molar-refractivity contribution is 0.0545. The van der Waals surface area contributed by atoms with Gasteiger partial charge in [0, 0.05) is 19.3 Å². The summed E-state index contributed by atoms with van der Waals surface area (Å²) in [6.45, 7) is 8.82. The van der Waals surface area contributed by atoms with Crippen molar-refractivity contribution in [2.75, 3.05) is 40.0 Å². The Labute approximate surface area is 86.7 Å². The second-order valence-corrected chi connectivity index (χ2v) is 3.03. The summed E-state index contributed by atoms with van der Waals surface area (Å²) in [7, 11) is 1.99. The number of allylic oxidation sites excluding steroid dienone is 1. The number of rotatable bonds is 8. The van der Waals surface area contributed by atoms with E-state index in [1.54, 1.807) is 0 Å². The van der Waals surface area contributed by atoms with Crippen molar-refractivity contribution in [1.29, 1.82) is 0 Å². The summed E-state index contributed by atoms with van der Waals surface area (Å²) in [5.74, 6) is 2.39. The number of nitrogens with zero attached hydrogens (tertiary/aromatic N) is 1. The molecule has 14 heavy (non-hydrogen) atoms. The molecule has 0 unspecified atom stereocenters. The van der Waals surface area contributed by atoms with Gasteiger partial charge >= 0.3 is 0 Å². The van der Waals surface area contributed by atoms with E-state index in [0.717, 1.165) is 12.2 Å². The highest BCUT2D eigenvalue weighted by atomic mass is 16.5. The molecule has 0 aromatic heterocycles. The van der Waals surface area contributed by atoms with Crippen molar-refractivity contribution in [2.24, 2.45) is 0 Å². The van der Waals surface area contributed by atoms with Crippen LogP contribution in [0.15, 0.2) is 12.3 Å². The van der Waals surface area contributed by atoms with Crippen molar-refractivity contribution in [3.8, 4) is 12.3 Å². The lowest BCUT2D eigenvalue weighted by Gasteiger charge is -2.18. The van der Waals surface area contributed by atoms with Gasteiger partial charge in [-0.15, -0.1) is 6.42 Å². The fourth-order valence-electron chi connectivity index (χ4n) is 0.743. The van der Waals surface area contributed by atoms with Crippen LogP contribution in [0.25, 0.3) is 0 Å². The zero-order valence-corrected chi connectivity index (χ0v) is 9.08. The Balaban J connectivity index is 3.14. The quantitative estimate of drug-likeness (QED) is 0.430. The van der Waals surface area contributed by atoms with E-state index in [1.165, 1.54) is 0 Å². The predicted molar refractivity (Wildman–Crippen MR) is 57.9 cm³/mol. The molecule has 0 aliphatic heterocycles. The molecule has 0 bridgehead atoms. The van der Waals surface area contributed by atoms with Gasteiger partial charge in [0.1, 0.15) is 6.61 Å². The Morgan fingerprint density at radius 2 is 2.00 bits per heavy atom. The molecule has 0 radical (unpaired) electrons. The predicted octanol–water partition coefficient (Wildman–Crippen LogP) is 1.12. The maximum absolute atomic E-state index is 5.32. The first-order valence-corrected chi connectivity index (χ1v) is 4.64. The largest absolute Gasteiger partial charge is 0.377 e. The molecule has 0 saturated carbocycles. The van der Waals surface area contributed by atoms with E-state index < -0.39 is 0 Å². The summed E-state index contributed by atoms with van der Waals surface area (Å²) in [6, 6.07) is 0. The van der Waals surface area contributed by atoms with Crippen LogP contribution in [0.5, 0.6) is 0 Å². The molecular weight excluding hydrogens is 178 g/mol. The molecular formula is C11H19NO2. The average Bonchev–Trinajstić information content (AvgIpc) is 2.16. The maximum Gasteiger partial charge on any atom is 0.107 e. The third kappa shape index (κ3) is 7.66. The molecule has 0 heterocycles. The first-order chi connectivity index (χ1) is 6.68. The number of ether oxygens (including phenoxy) is 2. The second-order valence-electron chi connectivity index (χ2n) is 3.03. The molecule has 0 fully saturated rings. The van der Waals surface area contributed by atoms with Gasteiger partial charge in [-0.2, -0.15) is 0 Å². The molecule has 3 heteroatoms. The smallest absolute Gasteiger partial charge is 0.107 e. The van der Waals surface area contributed by atoms with Crippen LogP contribution in [-0.4, -0.2) is 44.9 Å². The van der Waals surface area contributed by atoms with Gasteiger partial charge in [0.25, 0.3) is 0 Å². The standard InChI is InChI=1S/C11H19NO2/c1-5-7-13-9-10-14-8-6-12(4)11(2)3/h1H,2,6-10H2,3-4H3. The van der Waals surface area contributed by atoms with Gasteiger partial charge in [-0.05, 0) is 6.92 Å². The lowest BCUT2D eigenvalue weighted by atomic mass is 10.5. The Hall–Kier alpha value is -0.980. The van der Waals surface area contributed by atoms with Gasteiger partial charge in [-0.25, -0.2) is 0 Å². The molecule has 0 aliphatic rings. The molecule has 0 aliphatic carbocycles. The molecule has 0 spiro atoms. The summed E-state index contributed by atoms with van der Waals surface area (Å²) in [4.78, 5) is 2.04. The number of likely N-dealkylation sites (N-methyl/N-ethyl adjacent to an activating group) is 1. The molecule has 0 saturated heterocycles. The highest BCUT2D eigenvalue weighted by molar-refractivity contribution is 4.85. The highest BCUT2D eigenvalue weighted by Crippen LogP contribution is 1.94. The van der Waals surface area contributed by atoms with E-state index in [9.17, 15) is 0 Å². The molecule has 80 valence electrons. The van der Waals surface area contributed by atoms with E-state index in [0.29, 0.717) is 26.4 Å². The third-order valence-corrected chi connectivity index (χ3v) is 1.78. The monoisotopic (exact) mass is 197 g/mol. The minimum Gasteiger partial charge on any atom is -0.377 e. The molecule has 0 N–H and O–H groups in total. The summed E-state index contributed by atoms with van der Waals surface area (Å²) in [5.41, 5.74) is 1.04. The molecule has 0 aromatic carbocycles. The van der Waals surface area contributed by atoms with Crippen LogP contribution < -0.4 is 0 Å². The summed E-state index contributed by atoms with van der Waals surface area (Å²) >= 11 is 0. The van der Waals surface area contributed by atoms with Crippen molar-refractivity contribution in [3.63, 3.8) is 0 Å². The van der Waals surface area contributed by atoms with Gasteiger partial charge in [0.15, 0.2) is 0 Å². The van der Waals surface area contributed by atoms with E-state index in [1.807, 2.05) is 18.9 Å². The number of terminal acetylenes is 1. The normalized spacial score (nSPS) is 9.50. The summed E-state index contributed by atoms with van der Waals surface area (Å²) in [5, 5.41) is 0. The van der Waals surface area contributed by atoms with Crippen LogP contribution in [-0.2, 0) is 9.47 Å². The zero-order chi connectivity index (χ0) is 10.8. The minimum atomic E-state index is 0.356. The fourth-order valence-corrected chi connectivity index (χ4v) is 0.743. The van der Waals surface area contributed by atoms with E-state index in [4.69, 9.17) is 15.9 Å². The van der Waals surface area contributed by atoms with Crippen LogP contribution in [0.1, 0.15) is 6.92 Å². The first kappa shape index (κ1) is 13.0. The molecule has 0 rings (SSSR count). The zero-order valence-electron chi connectivity index (χ0n) is 9.08. The molecule has 0 atom stereocenters. The maximum atomic E-state index is 5.32. The second kappa shape index (κ2) is 8.61. The van der Waals surface area contributed by atoms with Crippen LogP contribution in [0, 0.1) is 12.3 Å². The number of hydrogen-bond acceptors (Lipinski definition) is 3. The SMILES string of the molecule is C#CCOCCOCCN(C)C(=C)C. The Morgan fingerprint density at radius 1 is 1.36 bits per heavy atom. The molecule has 3 nitrogen and oxygen atoms in total. The van der Waals surface area contributed by atoms with Gasteiger partial charge in [0.05, 0.1) is 19.8 Å². The van der Waals surface area contributed by atoms with Crippen LogP contribution in [0.4, 0.5) is 0 Å². The van der Waals surface area contributed by atoms with E-state index >= 15 is 0 Å². The van der Waals surface area contributed by atoms with Gasteiger partial charge in [0.2, 0.25) is 0 Å². The lowest BCUT2D eigenvalue weighted by Crippen LogP contribution is -2.21. The van der Waals surface area contributed by atoms with E-state index in [2.05, 4.69) is 12.5 Å². The summed E-state index contributed by atoms with van der Waals surface area (Å²) in [6.07, 6.45) is 5.01. The van der Waals surface area contributed by atoms with Crippen molar-refractivity contribution in [2.45, 2.75) is 6.92 Å². The van der Waals surface area contributed by atoms with Crippen molar-refractivity contribution < 1.29 is 9.47 Å². The summed E-state index contributed by atoms with van der Waals surface area (Å²) < 4.78 is 10.4. The van der Waals surface area contributed by atoms with Crippen LogP contribution >= 0.6 is 0 Å². The highest BCUT2D eigenvalue weighted by Gasteiger charge is 1.95. The number of hydrogen-bond donors (Lipinski definition) is 0.